The fourth-order valence-electron chi connectivity index (χ4n) is 3.41. The van der Waals surface area contributed by atoms with Gasteiger partial charge in [0.1, 0.15) is 5.56 Å². The van der Waals surface area contributed by atoms with Crippen LogP contribution in [0.15, 0.2) is 59.3 Å². The zero-order chi connectivity index (χ0) is 18.1. The van der Waals surface area contributed by atoms with E-state index in [1.54, 1.807) is 6.07 Å². The van der Waals surface area contributed by atoms with Gasteiger partial charge in [-0.05, 0) is 30.2 Å². The average Bonchev–Trinajstić information content (AvgIpc) is 3.32. The Labute approximate surface area is 161 Å². The maximum absolute atomic E-state index is 13.0. The Bertz CT molecular complexity index is 954. The van der Waals surface area contributed by atoms with Crippen molar-refractivity contribution in [1.82, 2.24) is 10.1 Å². The van der Waals surface area contributed by atoms with Crippen molar-refractivity contribution in [2.24, 2.45) is 0 Å². The number of carbonyl (C=O) groups is 1. The molecule has 4 nitrogen and oxygen atoms in total. The van der Waals surface area contributed by atoms with Crippen molar-refractivity contribution in [2.45, 2.75) is 12.3 Å². The van der Waals surface area contributed by atoms with E-state index >= 15 is 0 Å². The molecule has 26 heavy (non-hydrogen) atoms. The van der Waals surface area contributed by atoms with Crippen LogP contribution < -0.4 is 0 Å². The highest BCUT2D eigenvalue weighted by Crippen LogP contribution is 2.35. The number of amides is 1. The quantitative estimate of drug-likeness (QED) is 0.615. The molecule has 1 aliphatic rings. The standard InChI is InChI=1S/C20H16Cl2N2O2/c21-17-7-3-1-5-14(17)13-9-10-24(12-13)20(25)16-11-23-26-19(16)15-6-2-4-8-18(15)22/h1-8,11,13H,9-10,12H2. The SMILES string of the molecule is O=C(c1cnoc1-c1ccccc1Cl)N1CCC(c2ccccc2Cl)C1. The van der Waals surface area contributed by atoms with Gasteiger partial charge in [0.2, 0.25) is 0 Å². The Balaban J connectivity index is 1.58. The van der Waals surface area contributed by atoms with Gasteiger partial charge in [-0.3, -0.25) is 4.79 Å². The number of benzene rings is 2. The molecule has 1 fully saturated rings. The van der Waals surface area contributed by atoms with Crippen LogP contribution in [0.5, 0.6) is 0 Å². The first kappa shape index (κ1) is 17.1. The van der Waals surface area contributed by atoms with E-state index in [1.807, 2.05) is 47.4 Å². The van der Waals surface area contributed by atoms with Crippen molar-refractivity contribution in [2.75, 3.05) is 13.1 Å². The van der Waals surface area contributed by atoms with Crippen LogP contribution in [0.4, 0.5) is 0 Å². The Hall–Kier alpha value is -2.30. The number of likely N-dealkylation sites (tertiary alicyclic amines) is 1. The van der Waals surface area contributed by atoms with Gasteiger partial charge in [0.05, 0.1) is 11.2 Å². The molecule has 1 amide bonds. The summed E-state index contributed by atoms with van der Waals surface area (Å²) in [5.41, 5.74) is 2.18. The minimum atomic E-state index is -0.101. The Morgan fingerprint density at radius 1 is 1.08 bits per heavy atom. The molecule has 1 atom stereocenters. The van der Waals surface area contributed by atoms with Gasteiger partial charge < -0.3 is 9.42 Å². The van der Waals surface area contributed by atoms with Crippen LogP contribution in [0, 0.1) is 0 Å². The van der Waals surface area contributed by atoms with Crippen LogP contribution in [-0.4, -0.2) is 29.1 Å². The minimum Gasteiger partial charge on any atom is -0.355 e. The van der Waals surface area contributed by atoms with Crippen LogP contribution in [0.25, 0.3) is 11.3 Å². The number of halogens is 2. The molecule has 1 unspecified atom stereocenters. The molecular formula is C20H16Cl2N2O2. The van der Waals surface area contributed by atoms with E-state index in [1.165, 1.54) is 6.20 Å². The van der Waals surface area contributed by atoms with E-state index in [2.05, 4.69) is 5.16 Å². The first-order chi connectivity index (χ1) is 12.6. The van der Waals surface area contributed by atoms with Crippen LogP contribution >= 0.6 is 23.2 Å². The molecule has 1 aliphatic heterocycles. The molecule has 0 N–H and O–H groups in total. The third-order valence-electron chi connectivity index (χ3n) is 4.74. The molecule has 0 saturated carbocycles. The second-order valence-corrected chi connectivity index (χ2v) is 7.12. The minimum absolute atomic E-state index is 0.101. The lowest BCUT2D eigenvalue weighted by molar-refractivity contribution is 0.0791. The van der Waals surface area contributed by atoms with Gasteiger partial charge in [-0.15, -0.1) is 0 Å². The number of carbonyl (C=O) groups excluding carboxylic acids is 1. The summed E-state index contributed by atoms with van der Waals surface area (Å²) < 4.78 is 5.34. The van der Waals surface area contributed by atoms with Gasteiger partial charge in [-0.25, -0.2) is 0 Å². The fourth-order valence-corrected chi connectivity index (χ4v) is 3.92. The summed E-state index contributed by atoms with van der Waals surface area (Å²) in [6.45, 7) is 1.29. The van der Waals surface area contributed by atoms with E-state index in [-0.39, 0.29) is 11.8 Å². The van der Waals surface area contributed by atoms with Crippen molar-refractivity contribution in [3.05, 3.63) is 75.9 Å². The maximum atomic E-state index is 13.0. The predicted molar refractivity (Wildman–Crippen MR) is 102 cm³/mol. The summed E-state index contributed by atoms with van der Waals surface area (Å²) in [5.74, 6) is 0.536. The molecule has 132 valence electrons. The van der Waals surface area contributed by atoms with Crippen molar-refractivity contribution < 1.29 is 9.32 Å². The van der Waals surface area contributed by atoms with Gasteiger partial charge in [0.25, 0.3) is 5.91 Å². The van der Waals surface area contributed by atoms with Crippen LogP contribution in [0.3, 0.4) is 0 Å². The van der Waals surface area contributed by atoms with Crippen molar-refractivity contribution >= 4 is 29.1 Å². The van der Waals surface area contributed by atoms with Crippen molar-refractivity contribution in [3.8, 4) is 11.3 Å². The third kappa shape index (κ3) is 3.11. The summed E-state index contributed by atoms with van der Waals surface area (Å²) in [6.07, 6.45) is 2.34. The molecule has 0 bridgehead atoms. The normalized spacial score (nSPS) is 16.8. The van der Waals surface area contributed by atoms with Gasteiger partial charge in [0.15, 0.2) is 5.76 Å². The van der Waals surface area contributed by atoms with Crippen molar-refractivity contribution in [3.63, 3.8) is 0 Å². The monoisotopic (exact) mass is 386 g/mol. The van der Waals surface area contributed by atoms with E-state index in [4.69, 9.17) is 27.7 Å². The summed E-state index contributed by atoms with van der Waals surface area (Å²) >= 11 is 12.6. The Kier molecular flexibility index (Phi) is 4.70. The molecular weight excluding hydrogens is 371 g/mol. The zero-order valence-electron chi connectivity index (χ0n) is 13.9. The molecule has 2 aromatic carbocycles. The Morgan fingerprint density at radius 2 is 1.81 bits per heavy atom. The molecule has 0 radical (unpaired) electrons. The van der Waals surface area contributed by atoms with Gasteiger partial charge in [-0.2, -0.15) is 0 Å². The number of rotatable bonds is 3. The lowest BCUT2D eigenvalue weighted by Gasteiger charge is -2.17. The molecule has 3 aromatic rings. The topological polar surface area (TPSA) is 46.3 Å². The fraction of sp³-hybridized carbons (Fsp3) is 0.200. The molecule has 0 spiro atoms. The lowest BCUT2D eigenvalue weighted by atomic mass is 9.98. The first-order valence-electron chi connectivity index (χ1n) is 8.38. The highest BCUT2D eigenvalue weighted by Gasteiger charge is 2.31. The van der Waals surface area contributed by atoms with Gasteiger partial charge >= 0.3 is 0 Å². The molecule has 1 saturated heterocycles. The lowest BCUT2D eigenvalue weighted by Crippen LogP contribution is -2.28. The molecule has 1 aromatic heterocycles. The van der Waals surface area contributed by atoms with E-state index in [0.717, 1.165) is 17.0 Å². The Morgan fingerprint density at radius 3 is 2.58 bits per heavy atom. The molecule has 6 heteroatoms. The molecule has 2 heterocycles. The van der Waals surface area contributed by atoms with Gasteiger partial charge in [-0.1, -0.05) is 58.7 Å². The number of nitrogens with zero attached hydrogens (tertiary/aromatic N) is 2. The molecule has 0 aliphatic carbocycles. The smallest absolute Gasteiger partial charge is 0.259 e. The van der Waals surface area contributed by atoms with Crippen molar-refractivity contribution in [1.29, 1.82) is 0 Å². The largest absolute Gasteiger partial charge is 0.355 e. The highest BCUT2D eigenvalue weighted by molar-refractivity contribution is 6.33. The van der Waals surface area contributed by atoms with E-state index < -0.39 is 0 Å². The molecule has 4 rings (SSSR count). The average molecular weight is 387 g/mol. The summed E-state index contributed by atoms with van der Waals surface area (Å²) in [7, 11) is 0. The van der Waals surface area contributed by atoms with Crippen LogP contribution in [-0.2, 0) is 0 Å². The number of aromatic nitrogens is 1. The number of hydrogen-bond acceptors (Lipinski definition) is 3. The van der Waals surface area contributed by atoms with E-state index in [0.29, 0.717) is 35.0 Å². The van der Waals surface area contributed by atoms with Crippen LogP contribution in [0.2, 0.25) is 10.0 Å². The summed E-state index contributed by atoms with van der Waals surface area (Å²) in [5, 5.41) is 5.09. The predicted octanol–water partition coefficient (Wildman–Crippen LogP) is 5.28. The second kappa shape index (κ2) is 7.14. The maximum Gasteiger partial charge on any atom is 0.259 e. The zero-order valence-corrected chi connectivity index (χ0v) is 15.4. The summed E-state index contributed by atoms with van der Waals surface area (Å²) in [4.78, 5) is 14.8. The summed E-state index contributed by atoms with van der Waals surface area (Å²) in [6, 6.07) is 15.1. The highest BCUT2D eigenvalue weighted by atomic mass is 35.5. The third-order valence-corrected chi connectivity index (χ3v) is 5.41. The first-order valence-corrected chi connectivity index (χ1v) is 9.14. The van der Waals surface area contributed by atoms with Gasteiger partial charge in [0, 0.05) is 29.6 Å². The second-order valence-electron chi connectivity index (χ2n) is 6.31. The van der Waals surface area contributed by atoms with Crippen LogP contribution in [0.1, 0.15) is 28.3 Å². The number of hydrogen-bond donors (Lipinski definition) is 0. The van der Waals surface area contributed by atoms with E-state index in [9.17, 15) is 4.79 Å².